The quantitative estimate of drug-likeness (QED) is 0.839. The molecule has 1 heterocycles. The van der Waals surface area contributed by atoms with E-state index in [4.69, 9.17) is 5.11 Å². The highest BCUT2D eigenvalue weighted by Gasteiger charge is 2.21. The normalized spacial score (nSPS) is 11.9. The molecule has 1 N–H and O–H groups in total. The third-order valence-corrected chi connectivity index (χ3v) is 5.03. The summed E-state index contributed by atoms with van der Waals surface area (Å²) in [5.74, 6) is -1.01. The Kier molecular flexibility index (Phi) is 3.83. The standard InChI is InChI=1S/C8H11NO4S2/c1-9(5-4-7(10)11)15(12,13)8-3-2-6-14-8/h2-3,6H,4-5H2,1H3,(H,10,11). The number of sulfonamides is 1. The number of carboxylic acids is 1. The number of thiophene rings is 1. The van der Waals surface area contributed by atoms with E-state index in [1.54, 1.807) is 11.4 Å². The molecule has 1 rings (SSSR count). The zero-order valence-corrected chi connectivity index (χ0v) is 9.71. The maximum Gasteiger partial charge on any atom is 0.304 e. The van der Waals surface area contributed by atoms with E-state index < -0.39 is 16.0 Å². The Bertz CT molecular complexity index is 424. The number of carboxylic acid groups (broad SMARTS) is 1. The Morgan fingerprint density at radius 3 is 2.73 bits per heavy atom. The molecule has 0 spiro atoms. The summed E-state index contributed by atoms with van der Waals surface area (Å²) in [6, 6.07) is 3.14. The fraction of sp³-hybridized carbons (Fsp3) is 0.375. The van der Waals surface area contributed by atoms with Crippen LogP contribution in [0.3, 0.4) is 0 Å². The molecular weight excluding hydrogens is 238 g/mol. The largest absolute Gasteiger partial charge is 0.481 e. The van der Waals surface area contributed by atoms with Gasteiger partial charge in [-0.15, -0.1) is 11.3 Å². The lowest BCUT2D eigenvalue weighted by molar-refractivity contribution is -0.137. The Morgan fingerprint density at radius 1 is 1.60 bits per heavy atom. The molecule has 5 nitrogen and oxygen atoms in total. The van der Waals surface area contributed by atoms with Crippen LogP contribution in [0.5, 0.6) is 0 Å². The zero-order valence-electron chi connectivity index (χ0n) is 8.08. The van der Waals surface area contributed by atoms with Crippen LogP contribution >= 0.6 is 11.3 Å². The fourth-order valence-corrected chi connectivity index (χ4v) is 3.31. The maximum absolute atomic E-state index is 11.7. The first-order chi connectivity index (χ1) is 6.94. The summed E-state index contributed by atoms with van der Waals surface area (Å²) in [5, 5.41) is 10.1. The molecule has 15 heavy (non-hydrogen) atoms. The lowest BCUT2D eigenvalue weighted by Crippen LogP contribution is -2.28. The van der Waals surface area contributed by atoms with Crippen LogP contribution in [0, 0.1) is 0 Å². The Morgan fingerprint density at radius 2 is 2.27 bits per heavy atom. The molecule has 0 aliphatic heterocycles. The number of carbonyl (C=O) groups is 1. The molecular formula is C8H11NO4S2. The van der Waals surface area contributed by atoms with Gasteiger partial charge in [-0.25, -0.2) is 8.42 Å². The molecule has 0 bridgehead atoms. The molecule has 0 aromatic carbocycles. The molecule has 0 radical (unpaired) electrons. The molecule has 0 unspecified atom stereocenters. The maximum atomic E-state index is 11.7. The third-order valence-electron chi connectivity index (χ3n) is 1.80. The van der Waals surface area contributed by atoms with E-state index in [1.807, 2.05) is 0 Å². The van der Waals surface area contributed by atoms with Crippen LogP contribution in [0.1, 0.15) is 6.42 Å². The molecule has 0 amide bonds. The number of nitrogens with zero attached hydrogens (tertiary/aromatic N) is 1. The molecule has 0 fully saturated rings. The lowest BCUT2D eigenvalue weighted by Gasteiger charge is -2.14. The summed E-state index contributed by atoms with van der Waals surface area (Å²) in [6.07, 6.45) is -0.193. The van der Waals surface area contributed by atoms with E-state index >= 15 is 0 Å². The summed E-state index contributed by atoms with van der Waals surface area (Å²) in [6.45, 7) is -0.0183. The summed E-state index contributed by atoms with van der Waals surface area (Å²) >= 11 is 1.12. The van der Waals surface area contributed by atoms with E-state index in [0.29, 0.717) is 0 Å². The van der Waals surface area contributed by atoms with Crippen molar-refractivity contribution in [3.05, 3.63) is 17.5 Å². The van der Waals surface area contributed by atoms with Crippen molar-refractivity contribution in [3.63, 3.8) is 0 Å². The van der Waals surface area contributed by atoms with Gasteiger partial charge in [0.2, 0.25) is 0 Å². The van der Waals surface area contributed by atoms with E-state index in [0.717, 1.165) is 15.6 Å². The van der Waals surface area contributed by atoms with Crippen molar-refractivity contribution >= 4 is 27.3 Å². The molecule has 7 heteroatoms. The van der Waals surface area contributed by atoms with Crippen LogP contribution in [-0.2, 0) is 14.8 Å². The van der Waals surface area contributed by atoms with Gasteiger partial charge in [0.25, 0.3) is 10.0 Å². The first-order valence-electron chi connectivity index (χ1n) is 4.16. The van der Waals surface area contributed by atoms with Gasteiger partial charge < -0.3 is 5.11 Å². The highest BCUT2D eigenvalue weighted by atomic mass is 32.2. The summed E-state index contributed by atoms with van der Waals surface area (Å²) in [5.41, 5.74) is 0. The predicted octanol–water partition coefficient (Wildman–Crippen LogP) is 0.843. The monoisotopic (exact) mass is 249 g/mol. The topological polar surface area (TPSA) is 74.7 Å². The van der Waals surface area contributed by atoms with Gasteiger partial charge in [0, 0.05) is 13.6 Å². The molecule has 84 valence electrons. The minimum atomic E-state index is -3.50. The van der Waals surface area contributed by atoms with Crippen LogP contribution in [0.15, 0.2) is 21.7 Å². The molecule has 0 aliphatic rings. The van der Waals surface area contributed by atoms with Crippen LogP contribution in [0.25, 0.3) is 0 Å². The van der Waals surface area contributed by atoms with Crippen molar-refractivity contribution in [1.82, 2.24) is 4.31 Å². The van der Waals surface area contributed by atoms with Gasteiger partial charge in [-0.3, -0.25) is 4.79 Å². The second-order valence-corrected chi connectivity index (χ2v) is 6.12. The SMILES string of the molecule is CN(CCC(=O)O)S(=O)(=O)c1cccs1. The number of hydrogen-bond donors (Lipinski definition) is 1. The first kappa shape index (κ1) is 12.2. The van der Waals surface area contributed by atoms with E-state index in [9.17, 15) is 13.2 Å². The summed E-state index contributed by atoms with van der Waals surface area (Å²) < 4.78 is 24.8. The average molecular weight is 249 g/mol. The second-order valence-electron chi connectivity index (χ2n) is 2.90. The van der Waals surface area contributed by atoms with Crippen LogP contribution in [0.2, 0.25) is 0 Å². The van der Waals surface area contributed by atoms with Gasteiger partial charge in [0.1, 0.15) is 4.21 Å². The lowest BCUT2D eigenvalue weighted by atomic mass is 10.4. The predicted molar refractivity (Wildman–Crippen MR) is 56.4 cm³/mol. The number of aliphatic carboxylic acids is 1. The van der Waals surface area contributed by atoms with E-state index in [-0.39, 0.29) is 17.2 Å². The second kappa shape index (κ2) is 4.73. The Labute approximate surface area is 92.0 Å². The first-order valence-corrected chi connectivity index (χ1v) is 6.48. The number of hydrogen-bond acceptors (Lipinski definition) is 4. The number of rotatable bonds is 5. The van der Waals surface area contributed by atoms with Crippen molar-refractivity contribution in [2.75, 3.05) is 13.6 Å². The average Bonchev–Trinajstić information content (AvgIpc) is 2.66. The zero-order chi connectivity index (χ0) is 11.5. The van der Waals surface area contributed by atoms with Crippen molar-refractivity contribution in [3.8, 4) is 0 Å². The highest BCUT2D eigenvalue weighted by molar-refractivity contribution is 7.91. The van der Waals surface area contributed by atoms with Gasteiger partial charge in [-0.05, 0) is 11.4 Å². The minimum Gasteiger partial charge on any atom is -0.481 e. The van der Waals surface area contributed by atoms with E-state index in [1.165, 1.54) is 13.1 Å². The van der Waals surface area contributed by atoms with Crippen molar-refractivity contribution in [2.24, 2.45) is 0 Å². The van der Waals surface area contributed by atoms with Gasteiger partial charge >= 0.3 is 5.97 Å². The molecule has 0 aliphatic carbocycles. The van der Waals surface area contributed by atoms with Crippen LogP contribution in [-0.4, -0.2) is 37.4 Å². The van der Waals surface area contributed by atoms with Crippen LogP contribution < -0.4 is 0 Å². The van der Waals surface area contributed by atoms with Crippen molar-refractivity contribution < 1.29 is 18.3 Å². The van der Waals surface area contributed by atoms with Crippen molar-refractivity contribution in [2.45, 2.75) is 10.6 Å². The molecule has 0 saturated carbocycles. The summed E-state index contributed by atoms with van der Waals surface area (Å²) in [7, 11) is -2.13. The van der Waals surface area contributed by atoms with Gasteiger partial charge in [-0.2, -0.15) is 4.31 Å². The minimum absolute atomic E-state index is 0.0183. The summed E-state index contributed by atoms with van der Waals surface area (Å²) in [4.78, 5) is 10.3. The Hall–Kier alpha value is -0.920. The molecule has 0 atom stereocenters. The highest BCUT2D eigenvalue weighted by Crippen LogP contribution is 2.19. The third kappa shape index (κ3) is 3.01. The van der Waals surface area contributed by atoms with Gasteiger partial charge in [-0.1, -0.05) is 6.07 Å². The van der Waals surface area contributed by atoms with Gasteiger partial charge in [0.15, 0.2) is 0 Å². The molecule has 1 aromatic rings. The smallest absolute Gasteiger partial charge is 0.304 e. The molecule has 1 aromatic heterocycles. The fourth-order valence-electron chi connectivity index (χ4n) is 0.937. The Balaban J connectivity index is 2.75. The van der Waals surface area contributed by atoms with Crippen molar-refractivity contribution in [1.29, 1.82) is 0 Å². The van der Waals surface area contributed by atoms with Crippen LogP contribution in [0.4, 0.5) is 0 Å². The van der Waals surface area contributed by atoms with Gasteiger partial charge in [0.05, 0.1) is 6.42 Å². The molecule has 0 saturated heterocycles. The van der Waals surface area contributed by atoms with E-state index in [2.05, 4.69) is 0 Å².